The molecule has 2 rings (SSSR count). The maximum absolute atomic E-state index is 5.38. The molecule has 4 heteroatoms. The number of methoxy groups -OCH3 is 2. The van der Waals surface area contributed by atoms with Crippen molar-refractivity contribution in [2.45, 2.75) is 13.5 Å². The van der Waals surface area contributed by atoms with Crippen molar-refractivity contribution in [1.29, 1.82) is 0 Å². The number of nitrogens with one attached hydrogen (secondary N) is 2. The third kappa shape index (κ3) is 2.90. The number of hydrogen-bond acceptors (Lipinski definition) is 3. The molecule has 0 fully saturated rings. The van der Waals surface area contributed by atoms with Crippen molar-refractivity contribution in [2.75, 3.05) is 20.8 Å². The molecule has 0 amide bonds. The molecule has 19 heavy (non-hydrogen) atoms. The van der Waals surface area contributed by atoms with Crippen LogP contribution in [0.3, 0.4) is 0 Å². The van der Waals surface area contributed by atoms with Gasteiger partial charge in [0.2, 0.25) is 0 Å². The summed E-state index contributed by atoms with van der Waals surface area (Å²) in [5, 5.41) is 3.35. The van der Waals surface area contributed by atoms with Gasteiger partial charge in [-0.25, -0.2) is 0 Å². The second-order valence-electron chi connectivity index (χ2n) is 4.23. The number of aromatic nitrogens is 1. The van der Waals surface area contributed by atoms with Crippen molar-refractivity contribution in [3.05, 3.63) is 36.0 Å². The average molecular weight is 260 g/mol. The predicted molar refractivity (Wildman–Crippen MR) is 76.7 cm³/mol. The number of ether oxygens (including phenoxy) is 2. The maximum atomic E-state index is 5.38. The molecule has 0 aliphatic heterocycles. The van der Waals surface area contributed by atoms with Crippen LogP contribution in [-0.2, 0) is 6.54 Å². The Hall–Kier alpha value is -1.94. The van der Waals surface area contributed by atoms with Crippen molar-refractivity contribution in [1.82, 2.24) is 10.3 Å². The topological polar surface area (TPSA) is 46.3 Å². The van der Waals surface area contributed by atoms with Crippen LogP contribution in [-0.4, -0.2) is 25.7 Å². The molecule has 0 atom stereocenters. The molecule has 2 aromatic rings. The van der Waals surface area contributed by atoms with Gasteiger partial charge >= 0.3 is 0 Å². The number of rotatable bonds is 6. The molecular formula is C15H20N2O2. The monoisotopic (exact) mass is 260 g/mol. The Kier molecular flexibility index (Phi) is 4.47. The standard InChI is InChI=1S/C15H20N2O2/c1-4-16-10-11-8-14(18-2)15(19-3)9-12(11)13-6-5-7-17-13/h5-9,16-17H,4,10H2,1-3H3. The fourth-order valence-corrected chi connectivity index (χ4v) is 2.08. The van der Waals surface area contributed by atoms with E-state index in [0.717, 1.165) is 35.8 Å². The van der Waals surface area contributed by atoms with Gasteiger partial charge in [-0.3, -0.25) is 0 Å². The molecule has 0 saturated heterocycles. The van der Waals surface area contributed by atoms with Crippen LogP contribution in [0.15, 0.2) is 30.5 Å². The Morgan fingerprint density at radius 3 is 2.47 bits per heavy atom. The lowest BCUT2D eigenvalue weighted by molar-refractivity contribution is 0.354. The van der Waals surface area contributed by atoms with Crippen LogP contribution in [0.2, 0.25) is 0 Å². The Morgan fingerprint density at radius 2 is 1.89 bits per heavy atom. The van der Waals surface area contributed by atoms with Crippen molar-refractivity contribution in [3.8, 4) is 22.8 Å². The molecular weight excluding hydrogens is 240 g/mol. The van der Waals surface area contributed by atoms with Crippen LogP contribution < -0.4 is 14.8 Å². The third-order valence-corrected chi connectivity index (χ3v) is 3.06. The van der Waals surface area contributed by atoms with Gasteiger partial charge in [0.15, 0.2) is 11.5 Å². The lowest BCUT2D eigenvalue weighted by Crippen LogP contribution is -2.13. The first-order valence-corrected chi connectivity index (χ1v) is 6.39. The molecule has 2 N–H and O–H groups in total. The van der Waals surface area contributed by atoms with E-state index < -0.39 is 0 Å². The zero-order chi connectivity index (χ0) is 13.7. The van der Waals surface area contributed by atoms with Crippen LogP contribution >= 0.6 is 0 Å². The summed E-state index contributed by atoms with van der Waals surface area (Å²) in [6.45, 7) is 3.82. The first-order valence-electron chi connectivity index (χ1n) is 6.39. The van der Waals surface area contributed by atoms with Crippen molar-refractivity contribution < 1.29 is 9.47 Å². The van der Waals surface area contributed by atoms with Gasteiger partial charge in [0.25, 0.3) is 0 Å². The zero-order valence-corrected chi connectivity index (χ0v) is 11.6. The highest BCUT2D eigenvalue weighted by Gasteiger charge is 2.12. The van der Waals surface area contributed by atoms with E-state index in [-0.39, 0.29) is 0 Å². The first kappa shape index (κ1) is 13.5. The van der Waals surface area contributed by atoms with Crippen molar-refractivity contribution in [2.24, 2.45) is 0 Å². The molecule has 0 saturated carbocycles. The molecule has 102 valence electrons. The minimum Gasteiger partial charge on any atom is -0.493 e. The molecule has 0 bridgehead atoms. The molecule has 0 aliphatic rings. The lowest BCUT2D eigenvalue weighted by atomic mass is 10.0. The smallest absolute Gasteiger partial charge is 0.161 e. The zero-order valence-electron chi connectivity index (χ0n) is 11.6. The summed E-state index contributed by atoms with van der Waals surface area (Å²) >= 11 is 0. The molecule has 1 aromatic heterocycles. The minimum absolute atomic E-state index is 0.743. The van der Waals surface area contributed by atoms with E-state index in [4.69, 9.17) is 9.47 Å². The minimum atomic E-state index is 0.743. The summed E-state index contributed by atoms with van der Waals surface area (Å²) in [5.41, 5.74) is 3.39. The molecule has 4 nitrogen and oxygen atoms in total. The molecule has 0 spiro atoms. The van der Waals surface area contributed by atoms with Gasteiger partial charge in [-0.1, -0.05) is 6.92 Å². The van der Waals surface area contributed by atoms with Crippen LogP contribution in [0.5, 0.6) is 11.5 Å². The summed E-state index contributed by atoms with van der Waals surface area (Å²) < 4.78 is 10.7. The fourth-order valence-electron chi connectivity index (χ4n) is 2.08. The highest BCUT2D eigenvalue weighted by Crippen LogP contribution is 2.35. The molecule has 0 unspecified atom stereocenters. The van der Waals surface area contributed by atoms with Crippen LogP contribution in [0.1, 0.15) is 12.5 Å². The molecule has 1 heterocycles. The largest absolute Gasteiger partial charge is 0.493 e. The van der Waals surface area contributed by atoms with E-state index in [1.807, 2.05) is 24.4 Å². The Labute approximate surface area is 113 Å². The van der Waals surface area contributed by atoms with E-state index in [1.54, 1.807) is 14.2 Å². The molecule has 1 aromatic carbocycles. The van der Waals surface area contributed by atoms with E-state index in [2.05, 4.69) is 23.3 Å². The summed E-state index contributed by atoms with van der Waals surface area (Å²) in [6.07, 6.45) is 1.92. The van der Waals surface area contributed by atoms with Crippen LogP contribution in [0.25, 0.3) is 11.3 Å². The summed E-state index contributed by atoms with van der Waals surface area (Å²) in [6, 6.07) is 8.08. The van der Waals surface area contributed by atoms with Crippen molar-refractivity contribution >= 4 is 0 Å². The summed E-state index contributed by atoms with van der Waals surface area (Å²) in [5.74, 6) is 1.50. The van der Waals surface area contributed by atoms with E-state index in [1.165, 1.54) is 5.56 Å². The highest BCUT2D eigenvalue weighted by molar-refractivity contribution is 5.68. The summed E-state index contributed by atoms with van der Waals surface area (Å²) in [7, 11) is 3.31. The Bertz CT molecular complexity index is 521. The quantitative estimate of drug-likeness (QED) is 0.839. The van der Waals surface area contributed by atoms with Gasteiger partial charge in [0.05, 0.1) is 14.2 Å². The second-order valence-corrected chi connectivity index (χ2v) is 4.23. The third-order valence-electron chi connectivity index (χ3n) is 3.06. The van der Waals surface area contributed by atoms with Gasteiger partial charge in [-0.05, 0) is 36.4 Å². The number of hydrogen-bond donors (Lipinski definition) is 2. The van der Waals surface area contributed by atoms with Gasteiger partial charge < -0.3 is 19.8 Å². The van der Waals surface area contributed by atoms with Gasteiger partial charge in [0.1, 0.15) is 0 Å². The second kappa shape index (κ2) is 6.29. The SMILES string of the molecule is CCNCc1cc(OC)c(OC)cc1-c1ccc[nH]1. The molecule has 0 radical (unpaired) electrons. The predicted octanol–water partition coefficient (Wildman–Crippen LogP) is 2.81. The van der Waals surface area contributed by atoms with E-state index in [0.29, 0.717) is 0 Å². The van der Waals surface area contributed by atoms with E-state index in [9.17, 15) is 0 Å². The lowest BCUT2D eigenvalue weighted by Gasteiger charge is -2.14. The van der Waals surface area contributed by atoms with Gasteiger partial charge in [0, 0.05) is 24.0 Å². The number of H-pyrrole nitrogens is 1. The highest BCUT2D eigenvalue weighted by atomic mass is 16.5. The molecule has 0 aliphatic carbocycles. The van der Waals surface area contributed by atoms with Crippen LogP contribution in [0, 0.1) is 0 Å². The average Bonchev–Trinajstić information content (AvgIpc) is 2.98. The number of aromatic amines is 1. The normalized spacial score (nSPS) is 10.5. The summed E-state index contributed by atoms with van der Waals surface area (Å²) in [4.78, 5) is 3.23. The van der Waals surface area contributed by atoms with Gasteiger partial charge in [-0.2, -0.15) is 0 Å². The van der Waals surface area contributed by atoms with E-state index >= 15 is 0 Å². The first-order chi connectivity index (χ1) is 9.30. The van der Waals surface area contributed by atoms with Crippen molar-refractivity contribution in [3.63, 3.8) is 0 Å². The van der Waals surface area contributed by atoms with Gasteiger partial charge in [-0.15, -0.1) is 0 Å². The Morgan fingerprint density at radius 1 is 1.16 bits per heavy atom. The Balaban J connectivity index is 2.48. The maximum Gasteiger partial charge on any atom is 0.161 e. The fraction of sp³-hybridized carbons (Fsp3) is 0.333. The van der Waals surface area contributed by atoms with Crippen LogP contribution in [0.4, 0.5) is 0 Å². The number of benzene rings is 1.